The van der Waals surface area contributed by atoms with E-state index in [1.165, 1.54) is 19.3 Å². The summed E-state index contributed by atoms with van der Waals surface area (Å²) in [4.78, 5) is 0. The summed E-state index contributed by atoms with van der Waals surface area (Å²) in [5, 5.41) is 22.5. The molecule has 5 nitrogen and oxygen atoms in total. The van der Waals surface area contributed by atoms with Gasteiger partial charge >= 0.3 is 0 Å². The van der Waals surface area contributed by atoms with Crippen molar-refractivity contribution in [1.82, 2.24) is 5.32 Å². The number of hydrogen-bond donors (Lipinski definition) is 3. The lowest BCUT2D eigenvalue weighted by atomic mass is 9.79. The van der Waals surface area contributed by atoms with Gasteiger partial charge in [-0.25, -0.2) is 0 Å². The summed E-state index contributed by atoms with van der Waals surface area (Å²) in [6.45, 7) is 2.34. The molecule has 1 heterocycles. The molecule has 1 fully saturated rings. The quantitative estimate of drug-likeness (QED) is 0.645. The van der Waals surface area contributed by atoms with Crippen LogP contribution in [0.3, 0.4) is 0 Å². The molecule has 1 aliphatic carbocycles. The van der Waals surface area contributed by atoms with Gasteiger partial charge in [0.1, 0.15) is 12.4 Å². The van der Waals surface area contributed by atoms with Crippen LogP contribution in [0.1, 0.15) is 31.4 Å². The molecule has 21 heavy (non-hydrogen) atoms. The topological polar surface area (TPSA) is 74.9 Å². The molecular formula is C16H27NO4. The molecule has 3 atom stereocenters. The molecule has 0 amide bonds. The molecule has 0 spiro atoms. The van der Waals surface area contributed by atoms with Crippen LogP contribution in [0.4, 0.5) is 0 Å². The molecule has 0 aliphatic heterocycles. The van der Waals surface area contributed by atoms with Gasteiger partial charge in [0, 0.05) is 13.2 Å². The average Bonchev–Trinajstić information content (AvgIpc) is 3.01. The van der Waals surface area contributed by atoms with E-state index in [1.807, 2.05) is 12.1 Å². The van der Waals surface area contributed by atoms with E-state index in [0.29, 0.717) is 31.6 Å². The molecule has 0 radical (unpaired) electrons. The highest BCUT2D eigenvalue weighted by Gasteiger charge is 2.24. The fraction of sp³-hybridized carbons (Fsp3) is 0.750. The lowest BCUT2D eigenvalue weighted by Crippen LogP contribution is -2.37. The molecule has 0 saturated heterocycles. The first-order valence-electron chi connectivity index (χ1n) is 7.89. The van der Waals surface area contributed by atoms with Crippen LogP contribution in [0.25, 0.3) is 0 Å². The number of nitrogens with one attached hydrogen (secondary N) is 1. The first-order chi connectivity index (χ1) is 10.3. The Hall–Kier alpha value is -0.880. The van der Waals surface area contributed by atoms with Crippen LogP contribution in [-0.2, 0) is 11.3 Å². The van der Waals surface area contributed by atoms with Crippen molar-refractivity contribution in [1.29, 1.82) is 0 Å². The Morgan fingerprint density at radius 2 is 2.14 bits per heavy atom. The fourth-order valence-electron chi connectivity index (χ4n) is 2.98. The van der Waals surface area contributed by atoms with Crippen molar-refractivity contribution in [2.75, 3.05) is 26.3 Å². The van der Waals surface area contributed by atoms with Crippen LogP contribution in [-0.4, -0.2) is 42.6 Å². The average molecular weight is 297 g/mol. The summed E-state index contributed by atoms with van der Waals surface area (Å²) >= 11 is 0. The Morgan fingerprint density at radius 3 is 2.86 bits per heavy atom. The van der Waals surface area contributed by atoms with E-state index < -0.39 is 6.10 Å². The number of hydrogen-bond acceptors (Lipinski definition) is 5. The van der Waals surface area contributed by atoms with Gasteiger partial charge in [-0.1, -0.05) is 12.8 Å². The van der Waals surface area contributed by atoms with Crippen molar-refractivity contribution in [3.8, 4) is 0 Å². The predicted octanol–water partition coefficient (Wildman–Crippen LogP) is 1.55. The van der Waals surface area contributed by atoms with Gasteiger partial charge in [-0.15, -0.1) is 0 Å². The van der Waals surface area contributed by atoms with Crippen LogP contribution in [0.5, 0.6) is 0 Å². The summed E-state index contributed by atoms with van der Waals surface area (Å²) in [5.41, 5.74) is 0. The molecule has 0 bridgehead atoms. The first-order valence-corrected chi connectivity index (χ1v) is 7.89. The molecule has 120 valence electrons. The number of aliphatic hydroxyl groups is 2. The lowest BCUT2D eigenvalue weighted by Gasteiger charge is -2.30. The fourth-order valence-corrected chi connectivity index (χ4v) is 2.98. The predicted molar refractivity (Wildman–Crippen MR) is 79.8 cm³/mol. The van der Waals surface area contributed by atoms with Gasteiger partial charge in [-0.3, -0.25) is 0 Å². The van der Waals surface area contributed by atoms with E-state index in [4.69, 9.17) is 9.15 Å². The Balaban J connectivity index is 1.55. The van der Waals surface area contributed by atoms with Crippen molar-refractivity contribution in [2.24, 2.45) is 11.8 Å². The molecule has 3 N–H and O–H groups in total. The van der Waals surface area contributed by atoms with E-state index in [1.54, 1.807) is 6.26 Å². The Labute approximate surface area is 126 Å². The second-order valence-electron chi connectivity index (χ2n) is 5.89. The van der Waals surface area contributed by atoms with Gasteiger partial charge in [-0.2, -0.15) is 0 Å². The summed E-state index contributed by atoms with van der Waals surface area (Å²) in [7, 11) is 0. The van der Waals surface area contributed by atoms with Crippen molar-refractivity contribution in [2.45, 2.75) is 38.4 Å². The Bertz CT molecular complexity index is 368. The van der Waals surface area contributed by atoms with Gasteiger partial charge < -0.3 is 24.7 Å². The molecule has 2 rings (SSSR count). The van der Waals surface area contributed by atoms with E-state index >= 15 is 0 Å². The van der Waals surface area contributed by atoms with Gasteiger partial charge in [0.25, 0.3) is 0 Å². The lowest BCUT2D eigenvalue weighted by molar-refractivity contribution is 0.0214. The van der Waals surface area contributed by atoms with E-state index in [0.717, 1.165) is 18.7 Å². The number of ether oxygens (including phenoxy) is 1. The summed E-state index contributed by atoms with van der Waals surface area (Å²) in [6, 6.07) is 3.67. The Kier molecular flexibility index (Phi) is 7.23. The number of furan rings is 1. The molecule has 1 aliphatic rings. The third kappa shape index (κ3) is 5.79. The van der Waals surface area contributed by atoms with Gasteiger partial charge in [0.15, 0.2) is 0 Å². The van der Waals surface area contributed by atoms with Crippen LogP contribution < -0.4 is 5.32 Å². The Morgan fingerprint density at radius 1 is 1.33 bits per heavy atom. The molecule has 5 heteroatoms. The zero-order valence-corrected chi connectivity index (χ0v) is 12.5. The molecule has 1 saturated carbocycles. The van der Waals surface area contributed by atoms with Crippen LogP contribution >= 0.6 is 0 Å². The van der Waals surface area contributed by atoms with Crippen molar-refractivity contribution in [3.05, 3.63) is 24.2 Å². The largest absolute Gasteiger partial charge is 0.467 e. The highest BCUT2D eigenvalue weighted by Crippen LogP contribution is 2.28. The van der Waals surface area contributed by atoms with Crippen molar-refractivity contribution >= 4 is 0 Å². The maximum Gasteiger partial charge on any atom is 0.129 e. The van der Waals surface area contributed by atoms with Crippen molar-refractivity contribution < 1.29 is 19.4 Å². The molecule has 1 aromatic heterocycles. The minimum atomic E-state index is -0.517. The number of rotatable bonds is 9. The summed E-state index contributed by atoms with van der Waals surface area (Å²) in [5.74, 6) is 1.71. The third-order valence-corrected chi connectivity index (χ3v) is 4.22. The normalized spacial score (nSPS) is 24.1. The standard InChI is InChI=1S/C16H27NO4/c18-10-14-5-2-1-4-13(14)8-17-9-15(19)11-20-12-16-6-3-7-21-16/h3,6-7,13-15,17-19H,1-2,4-5,8-12H2. The first kappa shape index (κ1) is 16.5. The molecule has 3 unspecified atom stereocenters. The van der Waals surface area contributed by atoms with Crippen LogP contribution in [0, 0.1) is 11.8 Å². The maximum absolute atomic E-state index is 9.86. The number of aliphatic hydroxyl groups excluding tert-OH is 2. The minimum Gasteiger partial charge on any atom is -0.467 e. The smallest absolute Gasteiger partial charge is 0.129 e. The van der Waals surface area contributed by atoms with Crippen LogP contribution in [0.2, 0.25) is 0 Å². The molecule has 1 aromatic rings. The zero-order valence-electron chi connectivity index (χ0n) is 12.5. The maximum atomic E-state index is 9.86. The van der Waals surface area contributed by atoms with E-state index in [2.05, 4.69) is 5.32 Å². The summed E-state index contributed by atoms with van der Waals surface area (Å²) in [6.07, 6.45) is 5.86. The van der Waals surface area contributed by atoms with Gasteiger partial charge in [-0.05, 0) is 43.4 Å². The molecular weight excluding hydrogens is 270 g/mol. The van der Waals surface area contributed by atoms with Crippen LogP contribution in [0.15, 0.2) is 22.8 Å². The SMILES string of the molecule is OCC1CCCCC1CNCC(O)COCc1ccco1. The highest BCUT2D eigenvalue weighted by atomic mass is 16.5. The minimum absolute atomic E-state index is 0.279. The third-order valence-electron chi connectivity index (χ3n) is 4.22. The summed E-state index contributed by atoms with van der Waals surface area (Å²) < 4.78 is 10.6. The highest BCUT2D eigenvalue weighted by molar-refractivity contribution is 4.96. The van der Waals surface area contributed by atoms with Gasteiger partial charge in [0.05, 0.1) is 19.0 Å². The second kappa shape index (κ2) is 9.20. The monoisotopic (exact) mass is 297 g/mol. The zero-order chi connectivity index (χ0) is 14.9. The van der Waals surface area contributed by atoms with Gasteiger partial charge in [0.2, 0.25) is 0 Å². The second-order valence-corrected chi connectivity index (χ2v) is 5.89. The van der Waals surface area contributed by atoms with Crippen molar-refractivity contribution in [3.63, 3.8) is 0 Å². The molecule has 0 aromatic carbocycles. The van der Waals surface area contributed by atoms with E-state index in [9.17, 15) is 10.2 Å². The van der Waals surface area contributed by atoms with E-state index in [-0.39, 0.29) is 6.61 Å².